The molecule has 5 heteroatoms. The SMILES string of the molecule is CCc1ccccc1-n1nc(C(=O)O)cc1C1CCCO1. The minimum Gasteiger partial charge on any atom is -0.476 e. The van der Waals surface area contributed by atoms with E-state index in [9.17, 15) is 9.90 Å². The van der Waals surface area contributed by atoms with Crippen LogP contribution in [0.25, 0.3) is 5.69 Å². The van der Waals surface area contributed by atoms with Crippen LogP contribution in [0.4, 0.5) is 0 Å². The third-order valence-corrected chi connectivity index (χ3v) is 3.82. The van der Waals surface area contributed by atoms with Crippen molar-refractivity contribution in [3.63, 3.8) is 0 Å². The molecule has 3 rings (SSSR count). The number of benzene rings is 1. The summed E-state index contributed by atoms with van der Waals surface area (Å²) in [5, 5.41) is 13.5. The van der Waals surface area contributed by atoms with Crippen molar-refractivity contribution in [1.29, 1.82) is 0 Å². The van der Waals surface area contributed by atoms with E-state index in [-0.39, 0.29) is 11.8 Å². The van der Waals surface area contributed by atoms with Gasteiger partial charge in [0.1, 0.15) is 0 Å². The first-order valence-electron chi connectivity index (χ1n) is 7.24. The van der Waals surface area contributed by atoms with E-state index in [0.717, 1.165) is 36.2 Å². The number of carboxylic acid groups (broad SMARTS) is 1. The van der Waals surface area contributed by atoms with Gasteiger partial charge in [0, 0.05) is 6.61 Å². The van der Waals surface area contributed by atoms with E-state index < -0.39 is 5.97 Å². The molecule has 1 unspecified atom stereocenters. The number of carbonyl (C=O) groups is 1. The molecule has 2 aromatic rings. The number of hydrogen-bond acceptors (Lipinski definition) is 3. The minimum absolute atomic E-state index is 0.0615. The Kier molecular flexibility index (Phi) is 3.75. The highest BCUT2D eigenvalue weighted by Crippen LogP contribution is 2.31. The smallest absolute Gasteiger partial charge is 0.356 e. The first-order valence-corrected chi connectivity index (χ1v) is 7.24. The Labute approximate surface area is 123 Å². The number of ether oxygens (including phenoxy) is 1. The minimum atomic E-state index is -1.01. The number of aromatic carboxylic acids is 1. The molecule has 1 saturated heterocycles. The summed E-state index contributed by atoms with van der Waals surface area (Å²) in [6.07, 6.45) is 2.69. The molecule has 21 heavy (non-hydrogen) atoms. The molecule has 0 saturated carbocycles. The van der Waals surface area contributed by atoms with Crippen LogP contribution in [0.3, 0.4) is 0 Å². The maximum atomic E-state index is 11.3. The van der Waals surface area contributed by atoms with E-state index in [4.69, 9.17) is 4.74 Å². The number of carboxylic acids is 1. The zero-order valence-electron chi connectivity index (χ0n) is 12.0. The van der Waals surface area contributed by atoms with Crippen LogP contribution < -0.4 is 0 Å². The Bertz CT molecular complexity index is 657. The summed E-state index contributed by atoms with van der Waals surface area (Å²) in [6, 6.07) is 9.56. The summed E-state index contributed by atoms with van der Waals surface area (Å²) < 4.78 is 7.45. The number of aryl methyl sites for hydroxylation is 1. The molecule has 110 valence electrons. The normalized spacial score (nSPS) is 18.0. The zero-order valence-corrected chi connectivity index (χ0v) is 12.0. The van der Waals surface area contributed by atoms with E-state index in [1.807, 2.05) is 24.3 Å². The molecule has 2 heterocycles. The van der Waals surface area contributed by atoms with E-state index >= 15 is 0 Å². The molecule has 5 nitrogen and oxygen atoms in total. The molecule has 0 bridgehead atoms. The first-order chi connectivity index (χ1) is 10.2. The highest BCUT2D eigenvalue weighted by molar-refractivity contribution is 5.85. The van der Waals surface area contributed by atoms with Crippen LogP contribution in [0.5, 0.6) is 0 Å². The van der Waals surface area contributed by atoms with Crippen LogP contribution in [-0.2, 0) is 11.2 Å². The van der Waals surface area contributed by atoms with Gasteiger partial charge in [-0.2, -0.15) is 5.10 Å². The van der Waals surface area contributed by atoms with Crippen molar-refractivity contribution in [2.24, 2.45) is 0 Å². The number of aromatic nitrogens is 2. The molecular weight excluding hydrogens is 268 g/mol. The number of nitrogens with zero attached hydrogens (tertiary/aromatic N) is 2. The monoisotopic (exact) mass is 286 g/mol. The molecule has 1 atom stereocenters. The van der Waals surface area contributed by atoms with E-state index in [1.54, 1.807) is 10.7 Å². The Morgan fingerprint density at radius 2 is 2.29 bits per heavy atom. The van der Waals surface area contributed by atoms with Crippen molar-refractivity contribution in [3.05, 3.63) is 47.3 Å². The second-order valence-corrected chi connectivity index (χ2v) is 5.16. The molecule has 0 spiro atoms. The predicted octanol–water partition coefficient (Wildman–Crippen LogP) is 2.98. The fourth-order valence-electron chi connectivity index (χ4n) is 2.75. The third-order valence-electron chi connectivity index (χ3n) is 3.82. The molecule has 0 amide bonds. The van der Waals surface area contributed by atoms with E-state index in [1.165, 1.54) is 0 Å². The first kappa shape index (κ1) is 13.8. The lowest BCUT2D eigenvalue weighted by molar-refractivity contribution is 0.0690. The average Bonchev–Trinajstić information content (AvgIpc) is 3.16. The highest BCUT2D eigenvalue weighted by Gasteiger charge is 2.25. The Morgan fingerprint density at radius 3 is 2.95 bits per heavy atom. The molecule has 0 radical (unpaired) electrons. The molecular formula is C16H18N2O3. The van der Waals surface area contributed by atoms with Gasteiger partial charge in [0.15, 0.2) is 5.69 Å². The van der Waals surface area contributed by atoms with Gasteiger partial charge < -0.3 is 9.84 Å². The second-order valence-electron chi connectivity index (χ2n) is 5.16. The summed E-state index contributed by atoms with van der Waals surface area (Å²) in [6.45, 7) is 2.79. The number of hydrogen-bond donors (Lipinski definition) is 1. The maximum absolute atomic E-state index is 11.3. The van der Waals surface area contributed by atoms with Gasteiger partial charge >= 0.3 is 5.97 Å². The topological polar surface area (TPSA) is 64.4 Å². The lowest BCUT2D eigenvalue weighted by atomic mass is 10.1. The lowest BCUT2D eigenvalue weighted by Crippen LogP contribution is -2.09. The Hall–Kier alpha value is -2.14. The van der Waals surface area contributed by atoms with Crippen molar-refractivity contribution in [2.45, 2.75) is 32.3 Å². The van der Waals surface area contributed by atoms with Gasteiger partial charge in [0.05, 0.1) is 17.5 Å². The van der Waals surface area contributed by atoms with Crippen molar-refractivity contribution in [2.75, 3.05) is 6.61 Å². The van der Waals surface area contributed by atoms with Crippen LogP contribution in [0, 0.1) is 0 Å². The van der Waals surface area contributed by atoms with Crippen LogP contribution >= 0.6 is 0 Å². The van der Waals surface area contributed by atoms with Crippen molar-refractivity contribution >= 4 is 5.97 Å². The summed E-state index contributed by atoms with van der Waals surface area (Å²) in [7, 11) is 0. The van der Waals surface area contributed by atoms with Crippen molar-refractivity contribution < 1.29 is 14.6 Å². The second kappa shape index (κ2) is 5.69. The largest absolute Gasteiger partial charge is 0.476 e. The van der Waals surface area contributed by atoms with Gasteiger partial charge in [-0.3, -0.25) is 0 Å². The molecule has 0 aliphatic carbocycles. The van der Waals surface area contributed by atoms with Gasteiger partial charge in [-0.25, -0.2) is 9.48 Å². The molecule has 1 aliphatic rings. The van der Waals surface area contributed by atoms with Crippen molar-refractivity contribution in [3.8, 4) is 5.69 Å². The Morgan fingerprint density at radius 1 is 1.48 bits per heavy atom. The fourth-order valence-corrected chi connectivity index (χ4v) is 2.75. The van der Waals surface area contributed by atoms with Gasteiger partial charge in [-0.15, -0.1) is 0 Å². The summed E-state index contributed by atoms with van der Waals surface area (Å²) in [4.78, 5) is 11.3. The number of rotatable bonds is 4. The Balaban J connectivity index is 2.13. The molecule has 1 aromatic carbocycles. The van der Waals surface area contributed by atoms with Crippen LogP contribution in [-0.4, -0.2) is 27.5 Å². The number of para-hydroxylation sites is 1. The standard InChI is InChI=1S/C16H18N2O3/c1-2-11-6-3-4-7-13(11)18-14(15-8-5-9-21-15)10-12(17-18)16(19)20/h3-4,6-7,10,15H,2,5,8-9H2,1H3,(H,19,20). The fraction of sp³-hybridized carbons (Fsp3) is 0.375. The summed E-state index contributed by atoms with van der Waals surface area (Å²) in [5.41, 5.74) is 2.95. The predicted molar refractivity (Wildman–Crippen MR) is 77.8 cm³/mol. The lowest BCUT2D eigenvalue weighted by Gasteiger charge is -2.15. The molecule has 1 aliphatic heterocycles. The van der Waals surface area contributed by atoms with Crippen LogP contribution in [0.1, 0.15) is 47.6 Å². The van der Waals surface area contributed by atoms with Gasteiger partial charge in [0.2, 0.25) is 0 Å². The summed E-state index contributed by atoms with van der Waals surface area (Å²) >= 11 is 0. The third kappa shape index (κ3) is 2.56. The van der Waals surface area contributed by atoms with Crippen LogP contribution in [0.2, 0.25) is 0 Å². The molecule has 1 aromatic heterocycles. The average molecular weight is 286 g/mol. The molecule has 1 N–H and O–H groups in total. The van der Waals surface area contributed by atoms with Gasteiger partial charge in [0.25, 0.3) is 0 Å². The summed E-state index contributed by atoms with van der Waals surface area (Å²) in [5.74, 6) is -1.01. The van der Waals surface area contributed by atoms with Gasteiger partial charge in [-0.05, 0) is 37.0 Å². The van der Waals surface area contributed by atoms with Crippen molar-refractivity contribution in [1.82, 2.24) is 9.78 Å². The molecule has 1 fully saturated rings. The van der Waals surface area contributed by atoms with Gasteiger partial charge in [-0.1, -0.05) is 25.1 Å². The zero-order chi connectivity index (χ0) is 14.8. The van der Waals surface area contributed by atoms with E-state index in [2.05, 4.69) is 12.0 Å². The van der Waals surface area contributed by atoms with Crippen LogP contribution in [0.15, 0.2) is 30.3 Å². The maximum Gasteiger partial charge on any atom is 0.356 e. The quantitative estimate of drug-likeness (QED) is 0.938. The highest BCUT2D eigenvalue weighted by atomic mass is 16.5. The van der Waals surface area contributed by atoms with E-state index in [0.29, 0.717) is 6.61 Å².